The van der Waals surface area contributed by atoms with Crippen molar-refractivity contribution in [2.75, 3.05) is 24.5 Å². The van der Waals surface area contributed by atoms with Crippen molar-refractivity contribution in [1.82, 2.24) is 10.3 Å². The fraction of sp³-hybridized carbons (Fsp3) is 0.318. The molecule has 0 bridgehead atoms. The van der Waals surface area contributed by atoms with Crippen molar-refractivity contribution < 1.29 is 28.1 Å². The number of alkyl carbamates (subject to hydrolysis) is 1. The number of aromatic nitrogens is 1. The molecule has 7 nitrogen and oxygen atoms in total. The molecule has 1 spiro atoms. The number of pyridine rings is 1. The Bertz CT molecular complexity index is 1100. The smallest absolute Gasteiger partial charge is 0.419 e. The number of halogens is 3. The average molecular weight is 444 g/mol. The average Bonchev–Trinajstić information content (AvgIpc) is 3.44. The molecule has 3 aliphatic rings. The topological polar surface area (TPSA) is 83.4 Å². The number of amides is 1. The molecule has 1 aromatic carbocycles. The molecule has 10 heteroatoms. The molecule has 2 fully saturated rings. The van der Waals surface area contributed by atoms with E-state index in [1.165, 1.54) is 6.20 Å². The van der Waals surface area contributed by atoms with Crippen LogP contribution >= 0.6 is 0 Å². The minimum absolute atomic E-state index is 0.113. The van der Waals surface area contributed by atoms with Crippen LogP contribution in [0.25, 0.3) is 16.7 Å². The van der Waals surface area contributed by atoms with Crippen molar-refractivity contribution in [3.8, 4) is 11.1 Å². The van der Waals surface area contributed by atoms with Crippen LogP contribution in [0.4, 0.5) is 23.7 Å². The number of quaternary nitrogens is 1. The third-order valence-corrected chi connectivity index (χ3v) is 6.16. The Labute approximate surface area is 182 Å². The summed E-state index contributed by atoms with van der Waals surface area (Å²) in [6, 6.07) is 7.34. The molecule has 2 saturated heterocycles. The van der Waals surface area contributed by atoms with E-state index < -0.39 is 23.4 Å². The fourth-order valence-corrected chi connectivity index (χ4v) is 4.43. The number of nitrogens with two attached hydrogens (primary N) is 1. The highest BCUT2D eigenvalue weighted by Crippen LogP contribution is 2.44. The molecule has 166 valence electrons. The number of hydrogen-bond acceptors (Lipinski definition) is 5. The van der Waals surface area contributed by atoms with E-state index in [-0.39, 0.29) is 5.69 Å². The fourth-order valence-electron chi connectivity index (χ4n) is 4.43. The second-order valence-corrected chi connectivity index (χ2v) is 8.12. The van der Waals surface area contributed by atoms with E-state index in [0.29, 0.717) is 43.6 Å². The standard InChI is InChI=1S/C22H20F3N5O2/c23-22(24,25)18-12-26-11-17(15-3-1-14(2-4-15)16-9-28-29-10-16)19(18)30-7-5-21(6-8-30)13-27-20(31)32-21/h1-4,9-12H,5-8,13H2,(H,27,31)(H,28,29)/p+1. The molecule has 1 amide bonds. The summed E-state index contributed by atoms with van der Waals surface area (Å²) < 4.78 is 47.2. The largest absolute Gasteiger partial charge is 0.441 e. The van der Waals surface area contributed by atoms with E-state index in [0.717, 1.165) is 17.3 Å². The van der Waals surface area contributed by atoms with Gasteiger partial charge in [0.25, 0.3) is 0 Å². The van der Waals surface area contributed by atoms with Crippen molar-refractivity contribution >= 4 is 23.6 Å². The first-order chi connectivity index (χ1) is 15.3. The SMILES string of the molecule is O=C1NCC2(CCN(c3c(-c4ccc(C5=C[NH2+]N=C5)cc4)cncc3C(F)(F)F)CC2)O1. The Balaban J connectivity index is 1.50. The molecular weight excluding hydrogens is 423 g/mol. The molecule has 3 aliphatic heterocycles. The molecule has 3 N–H and O–H groups in total. The van der Waals surface area contributed by atoms with Gasteiger partial charge in [-0.05, 0) is 11.1 Å². The van der Waals surface area contributed by atoms with Gasteiger partial charge in [0.05, 0.1) is 29.6 Å². The van der Waals surface area contributed by atoms with Crippen LogP contribution in [0, 0.1) is 0 Å². The minimum Gasteiger partial charge on any atom is -0.441 e. The van der Waals surface area contributed by atoms with Gasteiger partial charge in [-0.25, -0.2) is 4.79 Å². The maximum atomic E-state index is 13.9. The van der Waals surface area contributed by atoms with Crippen molar-refractivity contribution in [2.45, 2.75) is 24.6 Å². The number of anilines is 1. The highest BCUT2D eigenvalue weighted by atomic mass is 19.4. The van der Waals surface area contributed by atoms with E-state index in [4.69, 9.17) is 4.74 Å². The van der Waals surface area contributed by atoms with Crippen LogP contribution in [0.15, 0.2) is 48.0 Å². The molecule has 0 radical (unpaired) electrons. The lowest BCUT2D eigenvalue weighted by Crippen LogP contribution is -2.69. The Morgan fingerprint density at radius 2 is 1.81 bits per heavy atom. The van der Waals surface area contributed by atoms with E-state index >= 15 is 0 Å². The molecule has 4 heterocycles. The number of rotatable bonds is 3. The maximum absolute atomic E-state index is 13.9. The van der Waals surface area contributed by atoms with Crippen molar-refractivity contribution in [1.29, 1.82) is 0 Å². The highest BCUT2D eigenvalue weighted by molar-refractivity contribution is 6.09. The summed E-state index contributed by atoms with van der Waals surface area (Å²) >= 11 is 0. The molecule has 2 aromatic rings. The number of carbonyl (C=O) groups excluding carboxylic acids is 1. The number of alkyl halides is 3. The molecule has 32 heavy (non-hydrogen) atoms. The number of piperidine rings is 1. The Morgan fingerprint density at radius 3 is 2.41 bits per heavy atom. The van der Waals surface area contributed by atoms with Gasteiger partial charge in [-0.2, -0.15) is 18.6 Å². The van der Waals surface area contributed by atoms with Gasteiger partial charge in [-0.3, -0.25) is 4.98 Å². The molecule has 0 unspecified atom stereocenters. The molecular formula is C22H21F3N5O2+. The van der Waals surface area contributed by atoms with Gasteiger partial charge in [0.2, 0.25) is 0 Å². The van der Waals surface area contributed by atoms with Crippen LogP contribution in [0.5, 0.6) is 0 Å². The summed E-state index contributed by atoms with van der Waals surface area (Å²) in [5.74, 6) is 0. The number of ether oxygens (including phenoxy) is 1. The first kappa shape index (κ1) is 20.5. The zero-order chi connectivity index (χ0) is 22.3. The van der Waals surface area contributed by atoms with Crippen molar-refractivity contribution in [3.63, 3.8) is 0 Å². The second-order valence-electron chi connectivity index (χ2n) is 8.12. The normalized spacial score (nSPS) is 19.8. The highest BCUT2D eigenvalue weighted by Gasteiger charge is 2.45. The monoisotopic (exact) mass is 444 g/mol. The van der Waals surface area contributed by atoms with Crippen molar-refractivity contribution in [3.05, 3.63) is 54.0 Å². The number of allylic oxidation sites excluding steroid dienone is 1. The zero-order valence-corrected chi connectivity index (χ0v) is 17.0. The van der Waals surface area contributed by atoms with Gasteiger partial charge >= 0.3 is 12.3 Å². The van der Waals surface area contributed by atoms with Crippen LogP contribution in [0.1, 0.15) is 24.0 Å². The summed E-state index contributed by atoms with van der Waals surface area (Å²) in [5.41, 5.74) is 3.34. The lowest BCUT2D eigenvalue weighted by atomic mass is 9.90. The lowest BCUT2D eigenvalue weighted by Gasteiger charge is -2.39. The zero-order valence-electron chi connectivity index (χ0n) is 17.0. The van der Waals surface area contributed by atoms with Gasteiger partial charge < -0.3 is 15.0 Å². The van der Waals surface area contributed by atoms with E-state index in [1.807, 2.05) is 18.3 Å². The summed E-state index contributed by atoms with van der Waals surface area (Å²) in [4.78, 5) is 17.1. The van der Waals surface area contributed by atoms with E-state index in [1.54, 1.807) is 28.7 Å². The van der Waals surface area contributed by atoms with Crippen molar-refractivity contribution in [2.24, 2.45) is 5.10 Å². The Kier molecular flexibility index (Phi) is 4.89. The molecule has 1 aromatic heterocycles. The predicted molar refractivity (Wildman–Crippen MR) is 112 cm³/mol. The third kappa shape index (κ3) is 3.70. The van der Waals surface area contributed by atoms with Crippen LogP contribution in [-0.4, -0.2) is 42.5 Å². The van der Waals surface area contributed by atoms with Crippen LogP contribution in [0.3, 0.4) is 0 Å². The van der Waals surface area contributed by atoms with Gasteiger partial charge in [-0.1, -0.05) is 29.4 Å². The summed E-state index contributed by atoms with van der Waals surface area (Å²) in [6.07, 6.45) is 1.85. The minimum atomic E-state index is -4.55. The van der Waals surface area contributed by atoms with Crippen LogP contribution in [-0.2, 0) is 10.9 Å². The predicted octanol–water partition coefficient (Wildman–Crippen LogP) is 2.75. The first-order valence-corrected chi connectivity index (χ1v) is 10.3. The van der Waals surface area contributed by atoms with Gasteiger partial charge in [0.15, 0.2) is 0 Å². The number of carbonyl (C=O) groups is 1. The van der Waals surface area contributed by atoms with Crippen LogP contribution in [0.2, 0.25) is 0 Å². The number of benzene rings is 1. The molecule has 5 rings (SSSR count). The second kappa shape index (κ2) is 7.63. The van der Waals surface area contributed by atoms with Crippen LogP contribution < -0.4 is 15.6 Å². The summed E-state index contributed by atoms with van der Waals surface area (Å²) in [6.45, 7) is 1.06. The quantitative estimate of drug-likeness (QED) is 0.714. The number of nitrogens with one attached hydrogen (secondary N) is 1. The Hall–Kier alpha value is -3.40. The molecule has 0 atom stereocenters. The first-order valence-electron chi connectivity index (χ1n) is 10.3. The maximum Gasteiger partial charge on any atom is 0.419 e. The Morgan fingerprint density at radius 1 is 1.09 bits per heavy atom. The van der Waals surface area contributed by atoms with E-state index in [2.05, 4.69) is 15.4 Å². The molecule has 0 aliphatic carbocycles. The van der Waals surface area contributed by atoms with Gasteiger partial charge in [-0.15, -0.1) is 0 Å². The molecule has 0 saturated carbocycles. The lowest BCUT2D eigenvalue weighted by molar-refractivity contribution is -0.589. The summed E-state index contributed by atoms with van der Waals surface area (Å²) in [7, 11) is 0. The van der Waals surface area contributed by atoms with E-state index in [9.17, 15) is 18.0 Å². The summed E-state index contributed by atoms with van der Waals surface area (Å²) in [5, 5.41) is 6.70. The van der Waals surface area contributed by atoms with Gasteiger partial charge in [0, 0.05) is 43.9 Å². The third-order valence-electron chi connectivity index (χ3n) is 6.16. The number of nitrogens with zero attached hydrogens (tertiary/aromatic N) is 3. The van der Waals surface area contributed by atoms with Gasteiger partial charge in [0.1, 0.15) is 11.8 Å². The number of hydrogen-bond donors (Lipinski definition) is 2.